The Morgan fingerprint density at radius 1 is 0.879 bits per heavy atom. The van der Waals surface area contributed by atoms with E-state index in [1.54, 1.807) is 24.3 Å². The van der Waals surface area contributed by atoms with E-state index in [0.29, 0.717) is 6.07 Å². The number of hydrogen-bond acceptors (Lipinski definition) is 1. The van der Waals surface area contributed by atoms with E-state index in [2.05, 4.69) is 21.2 Å². The van der Waals surface area contributed by atoms with E-state index in [1.807, 2.05) is 6.07 Å². The maximum absolute atomic E-state index is 14.6. The molecule has 33 heavy (non-hydrogen) atoms. The Kier molecular flexibility index (Phi) is 6.54. The fourth-order valence-electron chi connectivity index (χ4n) is 3.72. The Morgan fingerprint density at radius 2 is 1.45 bits per heavy atom. The van der Waals surface area contributed by atoms with Gasteiger partial charge in [0.05, 0.1) is 0 Å². The molecule has 3 aromatic carbocycles. The molecular weight excluding hydrogens is 519 g/mol. The molecule has 1 N–H and O–H groups in total. The first-order chi connectivity index (χ1) is 15.2. The van der Waals surface area contributed by atoms with Gasteiger partial charge >= 0.3 is 18.0 Å². The lowest BCUT2D eigenvalue weighted by atomic mass is 9.86. The van der Waals surface area contributed by atoms with Crippen molar-refractivity contribution >= 4 is 38.3 Å². The van der Waals surface area contributed by atoms with Gasteiger partial charge in [-0.1, -0.05) is 41.1 Å². The molecule has 0 unspecified atom stereocenters. The molecule has 0 bridgehead atoms. The number of rotatable bonds is 4. The van der Waals surface area contributed by atoms with Crippen LogP contribution in [-0.4, -0.2) is 18.3 Å². The summed E-state index contributed by atoms with van der Waals surface area (Å²) in [5, 5.41) is 4.13. The molecule has 0 heterocycles. The first-order valence-corrected chi connectivity index (χ1v) is 10.5. The number of carbonyl (C=O) groups is 1. The van der Waals surface area contributed by atoms with Crippen molar-refractivity contribution in [2.24, 2.45) is 0 Å². The zero-order valence-electron chi connectivity index (χ0n) is 17.3. The third-order valence-corrected chi connectivity index (χ3v) is 5.91. The van der Waals surface area contributed by atoms with Gasteiger partial charge in [0.2, 0.25) is 0 Å². The highest BCUT2D eigenvalue weighted by Crippen LogP contribution is 2.54. The molecule has 10 heteroatoms. The van der Waals surface area contributed by atoms with Gasteiger partial charge in [0.25, 0.3) is 5.91 Å². The van der Waals surface area contributed by atoms with Crippen LogP contribution in [0.15, 0.2) is 53.0 Å². The van der Waals surface area contributed by atoms with Gasteiger partial charge in [-0.25, -0.2) is 4.39 Å². The standard InChI is InChI=1S/C23H17BrF7NO/c1-3-17-12(2)18(21(25,22(26,27)28)23(29,30)31)8-9-19(17)32-20(33)15-5-4-14-11-16(24)7-6-13(14)10-15/h4-11H,3H2,1-2H3,(H,32,33). The number of nitrogens with one attached hydrogen (secondary N) is 1. The van der Waals surface area contributed by atoms with Crippen molar-refractivity contribution in [1.82, 2.24) is 0 Å². The molecule has 1 amide bonds. The van der Waals surface area contributed by atoms with Crippen molar-refractivity contribution in [1.29, 1.82) is 0 Å². The van der Waals surface area contributed by atoms with Gasteiger partial charge in [-0.15, -0.1) is 0 Å². The van der Waals surface area contributed by atoms with Crippen LogP contribution >= 0.6 is 15.9 Å². The molecule has 0 aromatic heterocycles. The highest BCUT2D eigenvalue weighted by molar-refractivity contribution is 9.10. The summed E-state index contributed by atoms with van der Waals surface area (Å²) < 4.78 is 94.8. The highest BCUT2D eigenvalue weighted by atomic mass is 79.9. The zero-order chi connectivity index (χ0) is 24.8. The molecule has 0 atom stereocenters. The van der Waals surface area contributed by atoms with Crippen molar-refractivity contribution in [3.8, 4) is 0 Å². The quantitative estimate of drug-likeness (QED) is 0.337. The molecule has 0 radical (unpaired) electrons. The number of fused-ring (bicyclic) bond motifs is 1. The van der Waals surface area contributed by atoms with Crippen molar-refractivity contribution in [2.75, 3.05) is 5.32 Å². The smallest absolute Gasteiger partial charge is 0.322 e. The van der Waals surface area contributed by atoms with Crippen LogP contribution in [0.2, 0.25) is 0 Å². The van der Waals surface area contributed by atoms with Crippen molar-refractivity contribution in [3.63, 3.8) is 0 Å². The van der Waals surface area contributed by atoms with Crippen molar-refractivity contribution in [3.05, 3.63) is 75.3 Å². The summed E-state index contributed by atoms with van der Waals surface area (Å²) in [5.74, 6) is -0.611. The summed E-state index contributed by atoms with van der Waals surface area (Å²) in [7, 11) is 0. The van der Waals surface area contributed by atoms with E-state index < -0.39 is 35.1 Å². The van der Waals surface area contributed by atoms with Gasteiger partial charge in [0.1, 0.15) is 0 Å². The van der Waals surface area contributed by atoms with Crippen LogP contribution in [0.25, 0.3) is 10.8 Å². The molecule has 0 saturated heterocycles. The first-order valence-electron chi connectivity index (χ1n) is 9.66. The van der Waals surface area contributed by atoms with E-state index in [4.69, 9.17) is 0 Å². The number of halogens is 8. The van der Waals surface area contributed by atoms with Crippen LogP contribution in [0, 0.1) is 6.92 Å². The summed E-state index contributed by atoms with van der Waals surface area (Å²) >= 11 is 3.34. The van der Waals surface area contributed by atoms with Gasteiger partial charge in [-0.2, -0.15) is 26.3 Å². The summed E-state index contributed by atoms with van der Waals surface area (Å²) in [4.78, 5) is 12.8. The second-order valence-corrected chi connectivity index (χ2v) is 8.35. The minimum absolute atomic E-state index is 0.00588. The molecule has 0 aliphatic heterocycles. The molecule has 0 fully saturated rings. The Balaban J connectivity index is 2.03. The van der Waals surface area contributed by atoms with E-state index in [9.17, 15) is 35.5 Å². The number of benzene rings is 3. The fraction of sp³-hybridized carbons (Fsp3) is 0.261. The summed E-state index contributed by atoms with van der Waals surface area (Å²) in [5.41, 5.74) is -7.40. The molecule has 3 rings (SSSR count). The average Bonchev–Trinajstić information content (AvgIpc) is 2.71. The number of carbonyl (C=O) groups excluding carboxylic acids is 1. The van der Waals surface area contributed by atoms with E-state index in [-0.39, 0.29) is 23.2 Å². The van der Waals surface area contributed by atoms with Crippen LogP contribution in [0.4, 0.5) is 36.4 Å². The van der Waals surface area contributed by atoms with Gasteiger partial charge in [0, 0.05) is 21.3 Å². The summed E-state index contributed by atoms with van der Waals surface area (Å²) in [6.07, 6.45) is -12.5. The van der Waals surface area contributed by atoms with Crippen LogP contribution in [0.1, 0.15) is 34.0 Å². The largest absolute Gasteiger partial charge is 0.435 e. The number of anilines is 1. The predicted molar refractivity (Wildman–Crippen MR) is 115 cm³/mol. The first kappa shape index (κ1) is 25.0. The number of hydrogen-bond donors (Lipinski definition) is 1. The minimum atomic E-state index is -6.22. The van der Waals surface area contributed by atoms with E-state index in [0.717, 1.165) is 28.2 Å². The predicted octanol–water partition coefficient (Wildman–Crippen LogP) is 8.01. The van der Waals surface area contributed by atoms with Gasteiger partial charge in [-0.3, -0.25) is 4.79 Å². The molecule has 0 aliphatic rings. The maximum Gasteiger partial charge on any atom is 0.435 e. The molecule has 3 aromatic rings. The Morgan fingerprint density at radius 3 is 2.03 bits per heavy atom. The van der Waals surface area contributed by atoms with Crippen LogP contribution in [0.3, 0.4) is 0 Å². The zero-order valence-corrected chi connectivity index (χ0v) is 18.8. The molecule has 0 aliphatic carbocycles. The molecule has 0 saturated carbocycles. The maximum atomic E-state index is 14.6. The lowest BCUT2D eigenvalue weighted by Gasteiger charge is -2.32. The summed E-state index contributed by atoms with van der Waals surface area (Å²) in [6, 6.07) is 11.5. The Hall–Kier alpha value is -2.62. The van der Waals surface area contributed by atoms with Gasteiger partial charge in [0.15, 0.2) is 0 Å². The van der Waals surface area contributed by atoms with E-state index >= 15 is 0 Å². The normalized spacial score (nSPS) is 12.8. The van der Waals surface area contributed by atoms with Crippen LogP contribution in [0.5, 0.6) is 0 Å². The lowest BCUT2D eigenvalue weighted by Crippen LogP contribution is -2.50. The van der Waals surface area contributed by atoms with Crippen LogP contribution in [-0.2, 0) is 12.1 Å². The number of alkyl halides is 7. The second kappa shape index (κ2) is 8.62. The average molecular weight is 536 g/mol. The minimum Gasteiger partial charge on any atom is -0.322 e. The highest BCUT2D eigenvalue weighted by Gasteiger charge is 2.74. The molecular formula is C23H17BrF7NO. The SMILES string of the molecule is CCc1c(NC(=O)c2ccc3cc(Br)ccc3c2)ccc(C(F)(C(F)(F)F)C(F)(F)F)c1C. The van der Waals surface area contributed by atoms with Crippen molar-refractivity contribution in [2.45, 2.75) is 38.3 Å². The monoisotopic (exact) mass is 535 g/mol. The Labute approximate surface area is 192 Å². The second-order valence-electron chi connectivity index (χ2n) is 7.43. The van der Waals surface area contributed by atoms with Gasteiger partial charge in [-0.05, 0) is 65.6 Å². The Bertz CT molecular complexity index is 1200. The van der Waals surface area contributed by atoms with Gasteiger partial charge < -0.3 is 5.32 Å². The van der Waals surface area contributed by atoms with Crippen LogP contribution < -0.4 is 5.32 Å². The van der Waals surface area contributed by atoms with Crippen molar-refractivity contribution < 1.29 is 35.5 Å². The number of amides is 1. The molecule has 176 valence electrons. The lowest BCUT2D eigenvalue weighted by molar-refractivity contribution is -0.348. The van der Waals surface area contributed by atoms with E-state index in [1.165, 1.54) is 13.0 Å². The molecule has 0 spiro atoms. The topological polar surface area (TPSA) is 29.1 Å². The fourth-order valence-corrected chi connectivity index (χ4v) is 4.10. The third kappa shape index (κ3) is 4.45. The summed E-state index contributed by atoms with van der Waals surface area (Å²) in [6.45, 7) is 2.46. The molecule has 2 nitrogen and oxygen atoms in total. The third-order valence-electron chi connectivity index (χ3n) is 5.42.